The van der Waals surface area contributed by atoms with Crippen molar-refractivity contribution in [3.8, 4) is 0 Å². The minimum atomic E-state index is 0.476. The molecular formula is C13H13N5O. The molecule has 0 fully saturated rings. The van der Waals surface area contributed by atoms with E-state index in [-0.39, 0.29) is 0 Å². The number of hydrogen-bond donors (Lipinski definition) is 1. The fourth-order valence-electron chi connectivity index (χ4n) is 1.88. The molecule has 6 heteroatoms. The van der Waals surface area contributed by atoms with Crippen molar-refractivity contribution in [1.82, 2.24) is 15.0 Å². The second-order valence-electron chi connectivity index (χ2n) is 4.26. The molecule has 2 heterocycles. The molecule has 2 aromatic heterocycles. The van der Waals surface area contributed by atoms with Crippen LogP contribution in [0.15, 0.2) is 41.3 Å². The SMILES string of the molecule is CN(Cc1nccc(N)n1)c1ccc2ncoc2c1. The van der Waals surface area contributed by atoms with E-state index in [9.17, 15) is 0 Å². The molecule has 0 atom stereocenters. The van der Waals surface area contributed by atoms with Crippen molar-refractivity contribution in [3.63, 3.8) is 0 Å². The van der Waals surface area contributed by atoms with Gasteiger partial charge in [0.25, 0.3) is 0 Å². The molecular weight excluding hydrogens is 242 g/mol. The van der Waals surface area contributed by atoms with E-state index in [0.29, 0.717) is 18.2 Å². The fourth-order valence-corrected chi connectivity index (χ4v) is 1.88. The first-order chi connectivity index (χ1) is 9.22. The van der Waals surface area contributed by atoms with E-state index in [4.69, 9.17) is 10.2 Å². The van der Waals surface area contributed by atoms with E-state index in [0.717, 1.165) is 16.8 Å². The highest BCUT2D eigenvalue weighted by atomic mass is 16.3. The Morgan fingerprint density at radius 1 is 1.26 bits per heavy atom. The molecule has 3 rings (SSSR count). The Balaban J connectivity index is 1.84. The number of anilines is 2. The molecule has 6 nitrogen and oxygen atoms in total. The van der Waals surface area contributed by atoms with Crippen LogP contribution in [0.25, 0.3) is 11.1 Å². The van der Waals surface area contributed by atoms with E-state index in [1.165, 1.54) is 6.39 Å². The minimum absolute atomic E-state index is 0.476. The second kappa shape index (κ2) is 4.56. The number of rotatable bonds is 3. The van der Waals surface area contributed by atoms with Crippen molar-refractivity contribution < 1.29 is 4.42 Å². The van der Waals surface area contributed by atoms with Gasteiger partial charge in [0.15, 0.2) is 12.0 Å². The Kier molecular flexibility index (Phi) is 2.75. The lowest BCUT2D eigenvalue weighted by Gasteiger charge is -2.18. The zero-order valence-electron chi connectivity index (χ0n) is 10.4. The normalized spacial score (nSPS) is 10.8. The Morgan fingerprint density at radius 2 is 2.16 bits per heavy atom. The Bertz CT molecular complexity index is 709. The van der Waals surface area contributed by atoms with Crippen LogP contribution in [0.5, 0.6) is 0 Å². The monoisotopic (exact) mass is 255 g/mol. The summed E-state index contributed by atoms with van der Waals surface area (Å²) >= 11 is 0. The summed E-state index contributed by atoms with van der Waals surface area (Å²) in [4.78, 5) is 14.5. The minimum Gasteiger partial charge on any atom is -0.443 e. The lowest BCUT2D eigenvalue weighted by Crippen LogP contribution is -2.18. The van der Waals surface area contributed by atoms with Crippen molar-refractivity contribution in [2.24, 2.45) is 0 Å². The molecule has 96 valence electrons. The molecule has 0 spiro atoms. The fraction of sp³-hybridized carbons (Fsp3) is 0.154. The van der Waals surface area contributed by atoms with Gasteiger partial charge >= 0.3 is 0 Å². The quantitative estimate of drug-likeness (QED) is 0.769. The molecule has 0 bridgehead atoms. The number of nitrogen functional groups attached to an aromatic ring is 1. The third-order valence-corrected chi connectivity index (χ3v) is 2.86. The van der Waals surface area contributed by atoms with E-state index in [2.05, 4.69) is 15.0 Å². The largest absolute Gasteiger partial charge is 0.443 e. The summed E-state index contributed by atoms with van der Waals surface area (Å²) < 4.78 is 5.29. The lowest BCUT2D eigenvalue weighted by molar-refractivity contribution is 0.602. The van der Waals surface area contributed by atoms with Crippen molar-refractivity contribution in [2.45, 2.75) is 6.54 Å². The standard InChI is InChI=1S/C13H13N5O/c1-18(7-13-15-5-4-12(14)17-13)9-2-3-10-11(6-9)19-8-16-10/h2-6,8H,7H2,1H3,(H2,14,15,17). The highest BCUT2D eigenvalue weighted by Gasteiger charge is 2.07. The second-order valence-corrected chi connectivity index (χ2v) is 4.26. The van der Waals surface area contributed by atoms with E-state index >= 15 is 0 Å². The van der Waals surface area contributed by atoms with E-state index < -0.39 is 0 Å². The predicted octanol–water partition coefficient (Wildman–Crippen LogP) is 1.84. The Hall–Kier alpha value is -2.63. The molecule has 0 radical (unpaired) electrons. The molecule has 19 heavy (non-hydrogen) atoms. The third-order valence-electron chi connectivity index (χ3n) is 2.86. The number of benzene rings is 1. The number of fused-ring (bicyclic) bond motifs is 1. The van der Waals surface area contributed by atoms with Crippen LogP contribution < -0.4 is 10.6 Å². The van der Waals surface area contributed by atoms with Crippen LogP contribution in [0.3, 0.4) is 0 Å². The summed E-state index contributed by atoms with van der Waals surface area (Å²) in [5.74, 6) is 1.16. The Labute approximate surface area is 109 Å². The van der Waals surface area contributed by atoms with Gasteiger partial charge in [-0.15, -0.1) is 0 Å². The van der Waals surface area contributed by atoms with Crippen molar-refractivity contribution in [1.29, 1.82) is 0 Å². The lowest BCUT2D eigenvalue weighted by atomic mass is 10.2. The van der Waals surface area contributed by atoms with Crippen LogP contribution >= 0.6 is 0 Å². The summed E-state index contributed by atoms with van der Waals surface area (Å²) in [5.41, 5.74) is 8.26. The smallest absolute Gasteiger partial charge is 0.181 e. The van der Waals surface area contributed by atoms with Gasteiger partial charge in [-0.25, -0.2) is 15.0 Å². The zero-order valence-corrected chi connectivity index (χ0v) is 10.4. The van der Waals surface area contributed by atoms with Crippen LogP contribution in [0.2, 0.25) is 0 Å². The molecule has 0 aliphatic rings. The first-order valence-corrected chi connectivity index (χ1v) is 5.84. The van der Waals surface area contributed by atoms with Crippen LogP contribution in [0.1, 0.15) is 5.82 Å². The molecule has 1 aromatic carbocycles. The average molecular weight is 255 g/mol. The topological polar surface area (TPSA) is 81.1 Å². The summed E-state index contributed by atoms with van der Waals surface area (Å²) in [5, 5.41) is 0. The van der Waals surface area contributed by atoms with Gasteiger partial charge in [0, 0.05) is 25.0 Å². The van der Waals surface area contributed by atoms with E-state index in [1.807, 2.05) is 30.1 Å². The van der Waals surface area contributed by atoms with Gasteiger partial charge in [-0.3, -0.25) is 0 Å². The number of aromatic nitrogens is 3. The summed E-state index contributed by atoms with van der Waals surface area (Å²) in [6.07, 6.45) is 3.10. The molecule has 0 amide bonds. The molecule has 0 unspecified atom stereocenters. The third kappa shape index (κ3) is 2.33. The van der Waals surface area contributed by atoms with Crippen LogP contribution in [0.4, 0.5) is 11.5 Å². The highest BCUT2D eigenvalue weighted by molar-refractivity contribution is 5.76. The van der Waals surface area contributed by atoms with Gasteiger partial charge in [0.1, 0.15) is 17.2 Å². The molecule has 0 aliphatic heterocycles. The Morgan fingerprint density at radius 3 is 3.00 bits per heavy atom. The van der Waals surface area contributed by atoms with Gasteiger partial charge < -0.3 is 15.1 Å². The van der Waals surface area contributed by atoms with Crippen LogP contribution in [0, 0.1) is 0 Å². The molecule has 0 saturated carbocycles. The van der Waals surface area contributed by atoms with Crippen LogP contribution in [-0.4, -0.2) is 22.0 Å². The van der Waals surface area contributed by atoms with Crippen molar-refractivity contribution >= 4 is 22.6 Å². The molecule has 0 saturated heterocycles. The maximum Gasteiger partial charge on any atom is 0.181 e. The highest BCUT2D eigenvalue weighted by Crippen LogP contribution is 2.21. The average Bonchev–Trinajstić information content (AvgIpc) is 2.85. The van der Waals surface area contributed by atoms with Gasteiger partial charge in [-0.1, -0.05) is 0 Å². The molecule has 0 aliphatic carbocycles. The van der Waals surface area contributed by atoms with Gasteiger partial charge in [-0.2, -0.15) is 0 Å². The number of nitrogens with two attached hydrogens (primary N) is 1. The maximum absolute atomic E-state index is 5.64. The van der Waals surface area contributed by atoms with Gasteiger partial charge in [-0.05, 0) is 18.2 Å². The number of nitrogens with zero attached hydrogens (tertiary/aromatic N) is 4. The number of oxazole rings is 1. The first kappa shape index (κ1) is 11.5. The molecule has 2 N–H and O–H groups in total. The summed E-state index contributed by atoms with van der Waals surface area (Å²) in [6.45, 7) is 0.574. The summed E-state index contributed by atoms with van der Waals surface area (Å²) in [6, 6.07) is 7.51. The number of hydrogen-bond acceptors (Lipinski definition) is 6. The summed E-state index contributed by atoms with van der Waals surface area (Å²) in [7, 11) is 1.96. The van der Waals surface area contributed by atoms with Crippen LogP contribution in [-0.2, 0) is 6.54 Å². The van der Waals surface area contributed by atoms with Crippen molar-refractivity contribution in [2.75, 3.05) is 17.7 Å². The maximum atomic E-state index is 5.64. The van der Waals surface area contributed by atoms with E-state index in [1.54, 1.807) is 12.3 Å². The van der Waals surface area contributed by atoms with Gasteiger partial charge in [0.2, 0.25) is 0 Å². The molecule has 3 aromatic rings. The first-order valence-electron chi connectivity index (χ1n) is 5.84. The predicted molar refractivity (Wildman–Crippen MR) is 72.6 cm³/mol. The van der Waals surface area contributed by atoms with Crippen molar-refractivity contribution in [3.05, 3.63) is 42.7 Å². The van der Waals surface area contributed by atoms with Gasteiger partial charge in [0.05, 0.1) is 6.54 Å². The zero-order chi connectivity index (χ0) is 13.2.